The molecule has 0 saturated carbocycles. The minimum atomic E-state index is 0. The molecule has 0 unspecified atom stereocenters. The molecule has 5 rings (SSSR count). The second kappa shape index (κ2) is 10.8. The first-order chi connectivity index (χ1) is 12.2. The van der Waals surface area contributed by atoms with Gasteiger partial charge in [-0.25, -0.2) is 0 Å². The minimum Gasteiger partial charge on any atom is -1.00 e. The summed E-state index contributed by atoms with van der Waals surface area (Å²) >= 11 is 0. The number of fused-ring (bicyclic) bond motifs is 4. The summed E-state index contributed by atoms with van der Waals surface area (Å²) in [5.41, 5.74) is 5.51. The molecule has 0 bridgehead atoms. The van der Waals surface area contributed by atoms with E-state index in [4.69, 9.17) is 0 Å². The van der Waals surface area contributed by atoms with Gasteiger partial charge in [-0.2, -0.15) is 35.9 Å². The quantitative estimate of drug-likeness (QED) is 0.155. The van der Waals surface area contributed by atoms with E-state index in [2.05, 4.69) is 92.2 Å². The van der Waals surface area contributed by atoms with Crippen molar-refractivity contribution in [2.75, 3.05) is 13.3 Å². The fourth-order valence-electron chi connectivity index (χ4n) is 3.39. The molecule has 0 heterocycles. The minimum absolute atomic E-state index is 0. The maximum absolute atomic E-state index is 3.30. The van der Waals surface area contributed by atoms with Crippen molar-refractivity contribution < 1.29 is 35.3 Å². The molecule has 0 nitrogen and oxygen atoms in total. The third kappa shape index (κ3) is 5.07. The van der Waals surface area contributed by atoms with E-state index < -0.39 is 0 Å². The molecule has 4 aromatic carbocycles. The van der Waals surface area contributed by atoms with Gasteiger partial charge in [0.2, 0.25) is 0 Å². The molecule has 0 fully saturated rings. The van der Waals surface area contributed by atoms with Gasteiger partial charge in [0.15, 0.2) is 0 Å². The van der Waals surface area contributed by atoms with Crippen LogP contribution in [0.25, 0.3) is 21.9 Å². The number of rotatable bonds is 1. The van der Waals surface area contributed by atoms with E-state index in [0.717, 1.165) is 6.42 Å². The summed E-state index contributed by atoms with van der Waals surface area (Å²) in [4.78, 5) is 0. The summed E-state index contributed by atoms with van der Waals surface area (Å²) in [7, 11) is 0.0576. The average Bonchev–Trinajstić information content (AvgIpc) is 3.24. The van der Waals surface area contributed by atoms with Gasteiger partial charge in [-0.3, -0.25) is 0 Å². The number of hydrogen-bond donors (Lipinski definition) is 0. The summed E-state index contributed by atoms with van der Waals surface area (Å²) in [6, 6.07) is 31.3. The Balaban J connectivity index is 0.000000254. The molecule has 0 N–H and O–H groups in total. The van der Waals surface area contributed by atoms with Crippen LogP contribution >= 0.6 is 7.92 Å². The van der Waals surface area contributed by atoms with E-state index >= 15 is 0 Å². The van der Waals surface area contributed by atoms with Gasteiger partial charge in [-0.15, -0.1) is 53.8 Å². The molecule has 0 aliphatic heterocycles. The van der Waals surface area contributed by atoms with Crippen LogP contribution in [-0.2, 0) is 32.3 Å². The van der Waals surface area contributed by atoms with Gasteiger partial charge in [0.05, 0.1) is 0 Å². The summed E-state index contributed by atoms with van der Waals surface area (Å²) in [5.74, 6) is 0. The Morgan fingerprint density at radius 1 is 0.857 bits per heavy atom. The second-order valence-corrected chi connectivity index (χ2v) is 8.94. The zero-order chi connectivity index (χ0) is 17.2. The molecule has 4 heteroatoms. The first-order valence-corrected chi connectivity index (χ1v) is 10.9. The van der Waals surface area contributed by atoms with Crippen molar-refractivity contribution in [3.05, 3.63) is 96.1 Å². The number of halogens is 2. The third-order valence-corrected chi connectivity index (χ3v) is 6.03. The molecule has 0 radical (unpaired) electrons. The Hall–Kier alpha value is -1.57. The SMILES string of the molecule is CP(C)c1cc2ccccc2[cH-]1.[F-].[F-].[Hf+4].[c-]1cccc2c1Cc1ccccc1-2. The van der Waals surface area contributed by atoms with E-state index in [0.29, 0.717) is 0 Å². The molecule has 4 aromatic rings. The smallest absolute Gasteiger partial charge is 1.00 e. The van der Waals surface area contributed by atoms with Gasteiger partial charge < -0.3 is 9.41 Å². The van der Waals surface area contributed by atoms with Crippen molar-refractivity contribution in [1.29, 1.82) is 0 Å². The molecule has 0 atom stereocenters. The average molecular weight is 557 g/mol. The molecular formula is C24H21F2HfP. The molecule has 1 aliphatic rings. The van der Waals surface area contributed by atoms with Crippen LogP contribution in [0.15, 0.2) is 78.9 Å². The van der Waals surface area contributed by atoms with Crippen LogP contribution < -0.4 is 14.7 Å². The molecular weight excluding hydrogens is 536 g/mol. The van der Waals surface area contributed by atoms with Gasteiger partial charge >= 0.3 is 25.8 Å². The van der Waals surface area contributed by atoms with Gasteiger partial charge in [0.1, 0.15) is 0 Å². The Morgan fingerprint density at radius 3 is 2.29 bits per heavy atom. The molecule has 0 saturated heterocycles. The first kappa shape index (κ1) is 24.5. The van der Waals surface area contributed by atoms with E-state index in [1.54, 1.807) is 0 Å². The van der Waals surface area contributed by atoms with E-state index in [1.165, 1.54) is 38.3 Å². The van der Waals surface area contributed by atoms with Crippen LogP contribution in [-0.4, -0.2) is 13.3 Å². The summed E-state index contributed by atoms with van der Waals surface area (Å²) < 4.78 is 0. The van der Waals surface area contributed by atoms with Crippen LogP contribution in [0.3, 0.4) is 0 Å². The van der Waals surface area contributed by atoms with Crippen LogP contribution in [0.1, 0.15) is 11.1 Å². The fraction of sp³-hybridized carbons (Fsp3) is 0.125. The molecule has 0 spiro atoms. The van der Waals surface area contributed by atoms with Crippen LogP contribution in [0.5, 0.6) is 0 Å². The van der Waals surface area contributed by atoms with Crippen LogP contribution in [0.4, 0.5) is 0 Å². The van der Waals surface area contributed by atoms with Crippen molar-refractivity contribution in [3.8, 4) is 11.1 Å². The number of hydrogen-bond acceptors (Lipinski definition) is 0. The Labute approximate surface area is 185 Å². The molecule has 0 amide bonds. The van der Waals surface area contributed by atoms with E-state index in [-0.39, 0.29) is 43.2 Å². The van der Waals surface area contributed by atoms with Gasteiger partial charge in [0.25, 0.3) is 0 Å². The zero-order valence-electron chi connectivity index (χ0n) is 15.9. The van der Waals surface area contributed by atoms with Crippen molar-refractivity contribution in [2.24, 2.45) is 0 Å². The van der Waals surface area contributed by atoms with Crippen LogP contribution in [0, 0.1) is 6.07 Å². The van der Waals surface area contributed by atoms with Crippen LogP contribution in [0.2, 0.25) is 0 Å². The van der Waals surface area contributed by atoms with Crippen molar-refractivity contribution in [1.82, 2.24) is 0 Å². The fourth-order valence-corrected chi connectivity index (χ4v) is 4.18. The largest absolute Gasteiger partial charge is 4.00 e. The van der Waals surface area contributed by atoms with Crippen molar-refractivity contribution >= 4 is 24.0 Å². The van der Waals surface area contributed by atoms with Gasteiger partial charge in [0, 0.05) is 0 Å². The molecule has 1 aliphatic carbocycles. The van der Waals surface area contributed by atoms with Crippen molar-refractivity contribution in [3.63, 3.8) is 0 Å². The molecule has 28 heavy (non-hydrogen) atoms. The topological polar surface area (TPSA) is 0 Å². The molecule has 0 aromatic heterocycles. The first-order valence-electron chi connectivity index (χ1n) is 8.63. The summed E-state index contributed by atoms with van der Waals surface area (Å²) in [6.45, 7) is 4.59. The van der Waals surface area contributed by atoms with Crippen molar-refractivity contribution in [2.45, 2.75) is 6.42 Å². The zero-order valence-corrected chi connectivity index (χ0v) is 20.4. The van der Waals surface area contributed by atoms with Gasteiger partial charge in [-0.1, -0.05) is 41.5 Å². The standard InChI is InChI=1S/C13H9.C11H12P.2FH.Hf/c1-3-7-12-10(5-1)9-11-6-2-4-8-13(11)12;1-12(2)11-7-9-5-3-4-6-10(9)8-11;;;/h1-5,7-8H,9H2;3-8H,1-2H3;2*1H;/q2*-1;;;+4/p-2. The summed E-state index contributed by atoms with van der Waals surface area (Å²) in [6.07, 6.45) is 1.05. The predicted molar refractivity (Wildman–Crippen MR) is 111 cm³/mol. The second-order valence-electron chi connectivity index (χ2n) is 6.63. The maximum Gasteiger partial charge on any atom is 4.00 e. The maximum atomic E-state index is 3.30. The Morgan fingerprint density at radius 2 is 1.54 bits per heavy atom. The summed E-state index contributed by atoms with van der Waals surface area (Å²) in [5, 5.41) is 4.26. The monoisotopic (exact) mass is 558 g/mol. The Kier molecular flexibility index (Phi) is 9.47. The Bertz CT molecular complexity index is 947. The predicted octanol–water partition coefficient (Wildman–Crippen LogP) is -0.0110. The number of benzene rings is 3. The van der Waals surface area contributed by atoms with E-state index in [9.17, 15) is 0 Å². The van der Waals surface area contributed by atoms with E-state index in [1.807, 2.05) is 6.07 Å². The third-order valence-electron chi connectivity index (χ3n) is 4.74. The molecule has 140 valence electrons. The normalized spacial score (nSPS) is 10.5. The van der Waals surface area contributed by atoms with Gasteiger partial charge in [-0.05, 0) is 19.8 Å².